The number of aliphatic hydroxyl groups is 1. The van der Waals surface area contributed by atoms with Gasteiger partial charge in [0.15, 0.2) is 0 Å². The fraction of sp³-hybridized carbons (Fsp3) is 0.500. The van der Waals surface area contributed by atoms with E-state index in [4.69, 9.17) is 4.74 Å². The number of aromatic nitrogens is 2. The summed E-state index contributed by atoms with van der Waals surface area (Å²) >= 11 is 0. The molecule has 0 amide bonds. The van der Waals surface area contributed by atoms with Crippen molar-refractivity contribution >= 4 is 5.97 Å². The number of benzene rings is 1. The molecule has 1 aromatic heterocycles. The van der Waals surface area contributed by atoms with Gasteiger partial charge in [0.2, 0.25) is 0 Å². The van der Waals surface area contributed by atoms with Crippen molar-refractivity contribution in [2.45, 2.75) is 30.9 Å². The van der Waals surface area contributed by atoms with E-state index in [9.17, 15) is 9.90 Å². The van der Waals surface area contributed by atoms with Gasteiger partial charge in [0.25, 0.3) is 0 Å². The number of fused-ring (bicyclic) bond motifs is 3. The number of nitrogens with zero attached hydrogens (tertiary/aromatic N) is 3. The molecule has 2 unspecified atom stereocenters. The Morgan fingerprint density at radius 1 is 1.27 bits per heavy atom. The highest BCUT2D eigenvalue weighted by atomic mass is 16.5. The van der Waals surface area contributed by atoms with Crippen LogP contribution in [0.4, 0.5) is 0 Å². The quantitative estimate of drug-likeness (QED) is 0.795. The Labute approximate surface area is 153 Å². The van der Waals surface area contributed by atoms with Gasteiger partial charge >= 0.3 is 5.97 Å². The van der Waals surface area contributed by atoms with E-state index in [0.717, 1.165) is 38.0 Å². The lowest BCUT2D eigenvalue weighted by molar-refractivity contribution is -0.168. The van der Waals surface area contributed by atoms with Crippen LogP contribution in [-0.4, -0.2) is 57.9 Å². The molecule has 0 radical (unpaired) electrons. The van der Waals surface area contributed by atoms with Crippen LogP contribution in [0.25, 0.3) is 0 Å². The van der Waals surface area contributed by atoms with Gasteiger partial charge in [0.1, 0.15) is 11.5 Å². The molecule has 0 saturated carbocycles. The molecule has 3 fully saturated rings. The molecule has 3 saturated heterocycles. The Hall–Kier alpha value is -2.18. The molecule has 1 aromatic carbocycles. The molecule has 6 heteroatoms. The molecule has 26 heavy (non-hydrogen) atoms. The fourth-order valence-electron chi connectivity index (χ4n) is 4.22. The molecule has 2 bridgehead atoms. The Morgan fingerprint density at radius 2 is 2.04 bits per heavy atom. The smallest absolute Gasteiger partial charge is 0.321 e. The molecular formula is C20H25N3O3. The van der Waals surface area contributed by atoms with Gasteiger partial charge in [0.05, 0.1) is 12.9 Å². The predicted molar refractivity (Wildman–Crippen MR) is 96.5 cm³/mol. The first-order chi connectivity index (χ1) is 12.7. The first kappa shape index (κ1) is 17.2. The first-order valence-corrected chi connectivity index (χ1v) is 9.27. The van der Waals surface area contributed by atoms with Crippen molar-refractivity contribution in [2.24, 2.45) is 5.92 Å². The second-order valence-electron chi connectivity index (χ2n) is 7.42. The molecule has 3 aliphatic rings. The average molecular weight is 355 g/mol. The topological polar surface area (TPSA) is 67.6 Å². The van der Waals surface area contributed by atoms with Crippen molar-refractivity contribution in [3.05, 3.63) is 54.6 Å². The van der Waals surface area contributed by atoms with Gasteiger partial charge < -0.3 is 14.4 Å². The van der Waals surface area contributed by atoms with Gasteiger partial charge in [-0.15, -0.1) is 0 Å². The van der Waals surface area contributed by atoms with Crippen molar-refractivity contribution < 1.29 is 14.6 Å². The van der Waals surface area contributed by atoms with Crippen molar-refractivity contribution in [1.82, 2.24) is 14.5 Å². The lowest BCUT2D eigenvalue weighted by Gasteiger charge is -2.45. The third kappa shape index (κ3) is 3.15. The minimum atomic E-state index is -1.13. The molecule has 1 N–H and O–H groups in total. The average Bonchev–Trinajstić information content (AvgIpc) is 3.21. The lowest BCUT2D eigenvalue weighted by Crippen LogP contribution is -2.54. The Balaban J connectivity index is 1.62. The number of esters is 1. The third-order valence-corrected chi connectivity index (χ3v) is 5.85. The normalized spacial score (nSPS) is 27.0. The number of imidazole rings is 1. The van der Waals surface area contributed by atoms with Gasteiger partial charge in [-0.3, -0.25) is 9.69 Å². The van der Waals surface area contributed by atoms with Crippen LogP contribution in [0.15, 0.2) is 49.1 Å². The SMILES string of the molecule is O=C(OC1CN2CCC1CC2)C(CO)(Cn1ccnc1)c1ccccc1. The summed E-state index contributed by atoms with van der Waals surface area (Å²) < 4.78 is 7.83. The van der Waals surface area contributed by atoms with Crippen LogP contribution < -0.4 is 0 Å². The molecule has 5 rings (SSSR count). The molecule has 4 heterocycles. The maximum Gasteiger partial charge on any atom is 0.321 e. The van der Waals surface area contributed by atoms with Crippen molar-refractivity contribution in [3.8, 4) is 0 Å². The summed E-state index contributed by atoms with van der Waals surface area (Å²) in [5, 5.41) is 10.3. The van der Waals surface area contributed by atoms with Crippen LogP contribution in [0, 0.1) is 5.92 Å². The van der Waals surface area contributed by atoms with Gasteiger partial charge in [-0.2, -0.15) is 0 Å². The Kier molecular flexibility index (Phi) is 4.78. The summed E-state index contributed by atoms with van der Waals surface area (Å²) in [7, 11) is 0. The van der Waals surface area contributed by atoms with Crippen molar-refractivity contribution in [2.75, 3.05) is 26.2 Å². The monoisotopic (exact) mass is 355 g/mol. The number of rotatable bonds is 6. The molecular weight excluding hydrogens is 330 g/mol. The van der Waals surface area contributed by atoms with Crippen LogP contribution >= 0.6 is 0 Å². The minimum Gasteiger partial charge on any atom is -0.460 e. The second-order valence-corrected chi connectivity index (χ2v) is 7.42. The van der Waals surface area contributed by atoms with E-state index in [1.165, 1.54) is 0 Å². The van der Waals surface area contributed by atoms with E-state index >= 15 is 0 Å². The summed E-state index contributed by atoms with van der Waals surface area (Å²) in [6.07, 6.45) is 7.21. The highest BCUT2D eigenvalue weighted by Crippen LogP contribution is 2.33. The van der Waals surface area contributed by atoms with E-state index < -0.39 is 5.41 Å². The number of carbonyl (C=O) groups excluding carboxylic acids is 1. The van der Waals surface area contributed by atoms with E-state index in [1.54, 1.807) is 18.7 Å². The molecule has 3 aliphatic heterocycles. The summed E-state index contributed by atoms with van der Waals surface area (Å²) in [5.41, 5.74) is -0.365. The number of ether oxygens (including phenoxy) is 1. The van der Waals surface area contributed by atoms with E-state index in [0.29, 0.717) is 12.5 Å². The zero-order valence-corrected chi connectivity index (χ0v) is 14.8. The molecule has 2 atom stereocenters. The van der Waals surface area contributed by atoms with Crippen LogP contribution in [0.5, 0.6) is 0 Å². The number of piperidine rings is 3. The van der Waals surface area contributed by atoms with E-state index in [-0.39, 0.29) is 18.7 Å². The highest BCUT2D eigenvalue weighted by Gasteiger charge is 2.45. The summed E-state index contributed by atoms with van der Waals surface area (Å²) in [6, 6.07) is 9.43. The lowest BCUT2D eigenvalue weighted by atomic mass is 9.80. The number of hydrogen-bond acceptors (Lipinski definition) is 5. The van der Waals surface area contributed by atoms with Crippen LogP contribution in [0.2, 0.25) is 0 Å². The largest absolute Gasteiger partial charge is 0.460 e. The zero-order valence-electron chi connectivity index (χ0n) is 14.8. The standard InChI is InChI=1S/C20H25N3O3/c24-14-20(13-23-11-8-21-15-23,17-4-2-1-3-5-17)19(25)26-18-12-22-9-6-16(18)7-10-22/h1-5,8,11,15-16,18,24H,6-7,9-10,12-14H2. The molecule has 0 spiro atoms. The van der Waals surface area contributed by atoms with Crippen LogP contribution in [0.1, 0.15) is 18.4 Å². The van der Waals surface area contributed by atoms with E-state index in [1.807, 2.05) is 34.9 Å². The number of carbonyl (C=O) groups is 1. The highest BCUT2D eigenvalue weighted by molar-refractivity contribution is 5.83. The predicted octanol–water partition coefficient (Wildman–Crippen LogP) is 1.45. The molecule has 2 aromatic rings. The molecule has 6 nitrogen and oxygen atoms in total. The molecule has 138 valence electrons. The summed E-state index contributed by atoms with van der Waals surface area (Å²) in [6.45, 7) is 2.98. The van der Waals surface area contributed by atoms with Crippen molar-refractivity contribution in [3.63, 3.8) is 0 Å². The van der Waals surface area contributed by atoms with Gasteiger partial charge in [-0.1, -0.05) is 30.3 Å². The number of hydrogen-bond donors (Lipinski definition) is 1. The maximum atomic E-state index is 13.3. The van der Waals surface area contributed by atoms with Gasteiger partial charge in [-0.05, 0) is 37.4 Å². The first-order valence-electron chi connectivity index (χ1n) is 9.27. The maximum absolute atomic E-state index is 13.3. The van der Waals surface area contributed by atoms with Crippen LogP contribution in [0.3, 0.4) is 0 Å². The fourth-order valence-corrected chi connectivity index (χ4v) is 4.22. The summed E-state index contributed by atoms with van der Waals surface area (Å²) in [5.74, 6) is 0.0861. The summed E-state index contributed by atoms with van der Waals surface area (Å²) in [4.78, 5) is 19.8. The minimum absolute atomic E-state index is 0.0811. The second kappa shape index (κ2) is 7.21. The Morgan fingerprint density at radius 3 is 2.62 bits per heavy atom. The van der Waals surface area contributed by atoms with Gasteiger partial charge in [-0.25, -0.2) is 4.98 Å². The van der Waals surface area contributed by atoms with Gasteiger partial charge in [0, 0.05) is 25.5 Å². The van der Waals surface area contributed by atoms with Crippen LogP contribution in [-0.2, 0) is 21.5 Å². The molecule has 0 aliphatic carbocycles. The third-order valence-electron chi connectivity index (χ3n) is 5.85. The number of aliphatic hydroxyl groups excluding tert-OH is 1. The Bertz CT molecular complexity index is 726. The zero-order chi connectivity index (χ0) is 18.0. The van der Waals surface area contributed by atoms with E-state index in [2.05, 4.69) is 9.88 Å². The van der Waals surface area contributed by atoms with Crippen molar-refractivity contribution in [1.29, 1.82) is 0 Å².